The summed E-state index contributed by atoms with van der Waals surface area (Å²) in [6, 6.07) is 19.4. The number of rotatable bonds is 5. The highest BCUT2D eigenvalue weighted by Gasteiger charge is 2.13. The van der Waals surface area contributed by atoms with Crippen molar-refractivity contribution >= 4 is 23.0 Å². The van der Waals surface area contributed by atoms with Gasteiger partial charge in [-0.1, -0.05) is 49.4 Å². The Morgan fingerprint density at radius 3 is 2.71 bits per heavy atom. The monoisotopic (exact) mass is 369 g/mol. The van der Waals surface area contributed by atoms with E-state index in [0.717, 1.165) is 34.1 Å². The van der Waals surface area contributed by atoms with Gasteiger partial charge in [-0.15, -0.1) is 0 Å². The van der Waals surface area contributed by atoms with Gasteiger partial charge in [0.1, 0.15) is 0 Å². The second-order valence-electron chi connectivity index (χ2n) is 6.38. The van der Waals surface area contributed by atoms with Crippen molar-refractivity contribution in [2.75, 3.05) is 0 Å². The first kappa shape index (κ1) is 17.7. The molecule has 0 radical (unpaired) electrons. The number of hydrazone groups is 1. The highest BCUT2D eigenvalue weighted by atomic mass is 16.3. The van der Waals surface area contributed by atoms with Crippen LogP contribution in [0.1, 0.15) is 28.4 Å². The van der Waals surface area contributed by atoms with Gasteiger partial charge in [0.05, 0.1) is 35.5 Å². The summed E-state index contributed by atoms with van der Waals surface area (Å²) >= 11 is 0. The number of nitrogens with one attached hydrogen (secondary N) is 1. The normalized spacial score (nSPS) is 11.2. The summed E-state index contributed by atoms with van der Waals surface area (Å²) in [6.07, 6.45) is 5.62. The van der Waals surface area contributed by atoms with Crippen LogP contribution < -0.4 is 5.43 Å². The van der Waals surface area contributed by atoms with Gasteiger partial charge in [0.25, 0.3) is 5.91 Å². The topological polar surface area (TPSA) is 67.5 Å². The minimum absolute atomic E-state index is 0.287. The lowest BCUT2D eigenvalue weighted by Crippen LogP contribution is -2.18. The third-order valence-electron chi connectivity index (χ3n) is 4.54. The Morgan fingerprint density at radius 1 is 1.14 bits per heavy atom. The van der Waals surface area contributed by atoms with E-state index < -0.39 is 0 Å². The summed E-state index contributed by atoms with van der Waals surface area (Å²) in [5, 5.41) is 4.80. The Kier molecular flexibility index (Phi) is 4.97. The number of hydrogen-bond donors (Lipinski definition) is 1. The number of benzene rings is 2. The van der Waals surface area contributed by atoms with Crippen molar-refractivity contribution in [3.05, 3.63) is 89.9 Å². The molecule has 0 aliphatic rings. The first-order valence-corrected chi connectivity index (χ1v) is 9.09. The van der Waals surface area contributed by atoms with E-state index in [1.54, 1.807) is 18.6 Å². The van der Waals surface area contributed by atoms with Crippen LogP contribution in [-0.2, 0) is 6.42 Å². The molecule has 138 valence electrons. The molecule has 0 aliphatic carbocycles. The lowest BCUT2D eigenvalue weighted by Gasteiger charge is -2.09. The van der Waals surface area contributed by atoms with Crippen molar-refractivity contribution in [1.29, 1.82) is 0 Å². The largest absolute Gasteiger partial charge is 0.472 e. The van der Waals surface area contributed by atoms with Crippen LogP contribution in [0.3, 0.4) is 0 Å². The van der Waals surface area contributed by atoms with Gasteiger partial charge in [-0.2, -0.15) is 5.10 Å². The fraction of sp³-hybridized carbons (Fsp3) is 0.0870. The van der Waals surface area contributed by atoms with Crippen molar-refractivity contribution in [3.63, 3.8) is 0 Å². The molecule has 0 saturated carbocycles. The summed E-state index contributed by atoms with van der Waals surface area (Å²) in [7, 11) is 0. The highest BCUT2D eigenvalue weighted by Crippen LogP contribution is 2.25. The second-order valence-corrected chi connectivity index (χ2v) is 6.38. The quantitative estimate of drug-likeness (QED) is 0.405. The molecule has 0 aliphatic heterocycles. The third kappa shape index (κ3) is 3.69. The van der Waals surface area contributed by atoms with E-state index in [0.29, 0.717) is 5.56 Å². The molecule has 2 aromatic carbocycles. The zero-order chi connectivity index (χ0) is 19.3. The lowest BCUT2D eigenvalue weighted by atomic mass is 10.0. The Balaban J connectivity index is 1.70. The van der Waals surface area contributed by atoms with Crippen LogP contribution >= 0.6 is 0 Å². The molecule has 2 heterocycles. The van der Waals surface area contributed by atoms with Crippen LogP contribution in [0, 0.1) is 0 Å². The molecule has 0 atom stereocenters. The lowest BCUT2D eigenvalue weighted by molar-refractivity contribution is 0.0956. The Hall–Kier alpha value is -3.73. The average Bonchev–Trinajstić information content (AvgIpc) is 3.26. The summed E-state index contributed by atoms with van der Waals surface area (Å²) in [4.78, 5) is 17.5. The second kappa shape index (κ2) is 7.88. The first-order chi connectivity index (χ1) is 13.7. The Morgan fingerprint density at radius 2 is 1.96 bits per heavy atom. The maximum Gasteiger partial charge on any atom is 0.272 e. The molecule has 0 bridgehead atoms. The molecule has 0 spiro atoms. The van der Waals surface area contributed by atoms with E-state index in [-0.39, 0.29) is 5.91 Å². The van der Waals surface area contributed by atoms with Crippen LogP contribution in [0.2, 0.25) is 0 Å². The molecule has 5 heteroatoms. The molecule has 28 heavy (non-hydrogen) atoms. The van der Waals surface area contributed by atoms with E-state index in [2.05, 4.69) is 29.6 Å². The van der Waals surface area contributed by atoms with E-state index in [9.17, 15) is 4.79 Å². The molecule has 0 unspecified atom stereocenters. The molecular weight excluding hydrogens is 350 g/mol. The van der Waals surface area contributed by atoms with Crippen LogP contribution in [-0.4, -0.2) is 17.1 Å². The van der Waals surface area contributed by atoms with Gasteiger partial charge in [0.15, 0.2) is 0 Å². The number of fused-ring (bicyclic) bond motifs is 1. The van der Waals surface area contributed by atoms with E-state index in [1.165, 1.54) is 11.8 Å². The maximum atomic E-state index is 12.8. The van der Waals surface area contributed by atoms with Gasteiger partial charge in [0.2, 0.25) is 0 Å². The van der Waals surface area contributed by atoms with Gasteiger partial charge in [-0.05, 0) is 30.2 Å². The first-order valence-electron chi connectivity index (χ1n) is 9.09. The van der Waals surface area contributed by atoms with E-state index >= 15 is 0 Å². The van der Waals surface area contributed by atoms with Crippen molar-refractivity contribution in [2.45, 2.75) is 13.3 Å². The predicted molar refractivity (Wildman–Crippen MR) is 110 cm³/mol. The van der Waals surface area contributed by atoms with Crippen LogP contribution in [0.4, 0.5) is 0 Å². The number of carbonyl (C=O) groups is 1. The SMILES string of the molecule is CCc1ccc(-c2cc(C(=O)N/N=C\c3ccoc3)c3ccccc3n2)cc1. The van der Waals surface area contributed by atoms with Crippen LogP contribution in [0.5, 0.6) is 0 Å². The maximum absolute atomic E-state index is 12.8. The minimum Gasteiger partial charge on any atom is -0.472 e. The van der Waals surface area contributed by atoms with E-state index in [1.807, 2.05) is 42.5 Å². The molecule has 4 aromatic rings. The number of aromatic nitrogens is 1. The molecule has 1 N–H and O–H groups in total. The van der Waals surface area contributed by atoms with Crippen molar-refractivity contribution < 1.29 is 9.21 Å². The van der Waals surface area contributed by atoms with Crippen molar-refractivity contribution in [3.8, 4) is 11.3 Å². The number of aryl methyl sites for hydroxylation is 1. The van der Waals surface area contributed by atoms with Crippen molar-refractivity contribution in [1.82, 2.24) is 10.4 Å². The summed E-state index contributed by atoms with van der Waals surface area (Å²) in [5.41, 5.74) is 7.65. The molecule has 0 fully saturated rings. The van der Waals surface area contributed by atoms with Gasteiger partial charge < -0.3 is 4.42 Å². The zero-order valence-corrected chi connectivity index (χ0v) is 15.4. The fourth-order valence-corrected chi connectivity index (χ4v) is 3.00. The number of hydrogen-bond acceptors (Lipinski definition) is 4. The van der Waals surface area contributed by atoms with Gasteiger partial charge in [-0.3, -0.25) is 4.79 Å². The Bertz CT molecular complexity index is 1130. The van der Waals surface area contributed by atoms with Crippen molar-refractivity contribution in [2.24, 2.45) is 5.10 Å². The standard InChI is InChI=1S/C23H19N3O2/c1-2-16-7-9-18(10-8-16)22-13-20(19-5-3-4-6-21(19)25-22)23(27)26-24-14-17-11-12-28-15-17/h3-15H,2H2,1H3,(H,26,27)/b24-14-. The molecule has 0 saturated heterocycles. The number of pyridine rings is 1. The molecular formula is C23H19N3O2. The number of carbonyl (C=O) groups excluding carboxylic acids is 1. The fourth-order valence-electron chi connectivity index (χ4n) is 3.00. The van der Waals surface area contributed by atoms with E-state index in [4.69, 9.17) is 9.40 Å². The number of para-hydroxylation sites is 1. The Labute approximate surface area is 162 Å². The summed E-state index contributed by atoms with van der Waals surface area (Å²) < 4.78 is 4.98. The number of furan rings is 1. The van der Waals surface area contributed by atoms with Gasteiger partial charge >= 0.3 is 0 Å². The smallest absolute Gasteiger partial charge is 0.272 e. The minimum atomic E-state index is -0.287. The average molecular weight is 369 g/mol. The van der Waals surface area contributed by atoms with Gasteiger partial charge in [0, 0.05) is 16.5 Å². The molecule has 2 aromatic heterocycles. The summed E-state index contributed by atoms with van der Waals surface area (Å²) in [5.74, 6) is -0.287. The third-order valence-corrected chi connectivity index (χ3v) is 4.54. The summed E-state index contributed by atoms with van der Waals surface area (Å²) in [6.45, 7) is 2.12. The predicted octanol–water partition coefficient (Wildman–Crippen LogP) is 4.82. The highest BCUT2D eigenvalue weighted by molar-refractivity contribution is 6.07. The molecule has 1 amide bonds. The zero-order valence-electron chi connectivity index (χ0n) is 15.4. The van der Waals surface area contributed by atoms with Gasteiger partial charge in [-0.25, -0.2) is 10.4 Å². The number of amides is 1. The molecule has 5 nitrogen and oxygen atoms in total. The van der Waals surface area contributed by atoms with Crippen LogP contribution in [0.15, 0.2) is 82.7 Å². The number of nitrogens with zero attached hydrogens (tertiary/aromatic N) is 2. The molecule has 4 rings (SSSR count). The van der Waals surface area contributed by atoms with Crippen LogP contribution in [0.25, 0.3) is 22.2 Å².